The third kappa shape index (κ3) is 5.66. The SMILES string of the molecule is CC(O)CNCCNc1ncc(Br)cn1. The Hall–Kier alpha value is -0.720. The van der Waals surface area contributed by atoms with Crippen molar-refractivity contribution < 1.29 is 5.11 Å². The molecule has 0 fully saturated rings. The normalized spacial score (nSPS) is 12.5. The highest BCUT2D eigenvalue weighted by Crippen LogP contribution is 2.05. The third-order valence-corrected chi connectivity index (χ3v) is 2.05. The molecule has 3 N–H and O–H groups in total. The van der Waals surface area contributed by atoms with Gasteiger partial charge in [0.05, 0.1) is 10.6 Å². The molecule has 0 aliphatic carbocycles. The molecule has 0 bridgehead atoms. The second-order valence-electron chi connectivity index (χ2n) is 3.20. The molecule has 1 heterocycles. The smallest absolute Gasteiger partial charge is 0.222 e. The number of hydrogen-bond acceptors (Lipinski definition) is 5. The van der Waals surface area contributed by atoms with E-state index in [9.17, 15) is 0 Å². The molecule has 0 radical (unpaired) electrons. The average Bonchev–Trinajstić information content (AvgIpc) is 2.20. The van der Waals surface area contributed by atoms with Crippen LogP contribution < -0.4 is 10.6 Å². The molecule has 15 heavy (non-hydrogen) atoms. The van der Waals surface area contributed by atoms with Crippen LogP contribution >= 0.6 is 15.9 Å². The van der Waals surface area contributed by atoms with Crippen LogP contribution in [0.15, 0.2) is 16.9 Å². The monoisotopic (exact) mass is 274 g/mol. The average molecular weight is 275 g/mol. The van der Waals surface area contributed by atoms with Crippen molar-refractivity contribution in [3.63, 3.8) is 0 Å². The van der Waals surface area contributed by atoms with Crippen LogP contribution in [-0.4, -0.2) is 40.8 Å². The van der Waals surface area contributed by atoms with Crippen LogP contribution in [0.3, 0.4) is 0 Å². The van der Waals surface area contributed by atoms with E-state index in [4.69, 9.17) is 5.11 Å². The van der Waals surface area contributed by atoms with Gasteiger partial charge in [-0.1, -0.05) is 0 Å². The van der Waals surface area contributed by atoms with Crippen molar-refractivity contribution in [2.24, 2.45) is 0 Å². The lowest BCUT2D eigenvalue weighted by Gasteiger charge is -2.07. The Morgan fingerprint density at radius 1 is 1.40 bits per heavy atom. The number of anilines is 1. The molecule has 0 spiro atoms. The molecule has 0 aliphatic rings. The summed E-state index contributed by atoms with van der Waals surface area (Å²) >= 11 is 3.26. The standard InChI is InChI=1S/C9H15BrN4O/c1-7(15)4-11-2-3-12-9-13-5-8(10)6-14-9/h5-7,11,15H,2-4H2,1H3,(H,12,13,14). The van der Waals surface area contributed by atoms with Crippen LogP contribution in [0.5, 0.6) is 0 Å². The summed E-state index contributed by atoms with van der Waals surface area (Å²) in [4.78, 5) is 8.13. The van der Waals surface area contributed by atoms with Crippen LogP contribution in [0, 0.1) is 0 Å². The Labute approximate surface area is 97.5 Å². The van der Waals surface area contributed by atoms with Crippen LogP contribution in [0.25, 0.3) is 0 Å². The number of nitrogens with one attached hydrogen (secondary N) is 2. The molecule has 6 heteroatoms. The minimum Gasteiger partial charge on any atom is -0.392 e. The van der Waals surface area contributed by atoms with Gasteiger partial charge in [-0.3, -0.25) is 0 Å². The Balaban J connectivity index is 2.12. The Bertz CT molecular complexity index is 278. The van der Waals surface area contributed by atoms with Gasteiger partial charge in [0, 0.05) is 32.0 Å². The minimum absolute atomic E-state index is 0.311. The zero-order valence-electron chi connectivity index (χ0n) is 8.57. The molecule has 1 aromatic heterocycles. The summed E-state index contributed by atoms with van der Waals surface area (Å²) in [5, 5.41) is 15.1. The predicted octanol–water partition coefficient (Wildman–Crippen LogP) is 0.621. The number of aliphatic hydroxyl groups excluding tert-OH is 1. The van der Waals surface area contributed by atoms with Crippen LogP contribution in [0.2, 0.25) is 0 Å². The van der Waals surface area contributed by atoms with Crippen molar-refractivity contribution in [1.29, 1.82) is 0 Å². The molecule has 84 valence electrons. The fourth-order valence-corrected chi connectivity index (χ4v) is 1.18. The molecule has 1 atom stereocenters. The minimum atomic E-state index is -0.311. The van der Waals surface area contributed by atoms with Gasteiger partial charge in [-0.25, -0.2) is 9.97 Å². The summed E-state index contributed by atoms with van der Waals surface area (Å²) < 4.78 is 0.861. The second-order valence-corrected chi connectivity index (χ2v) is 4.12. The van der Waals surface area contributed by atoms with Crippen molar-refractivity contribution in [3.05, 3.63) is 16.9 Å². The second kappa shape index (κ2) is 6.71. The molecule has 0 aromatic carbocycles. The van der Waals surface area contributed by atoms with Crippen LogP contribution in [-0.2, 0) is 0 Å². The van der Waals surface area contributed by atoms with Crippen molar-refractivity contribution in [2.75, 3.05) is 25.0 Å². The van der Waals surface area contributed by atoms with Crippen molar-refractivity contribution in [3.8, 4) is 0 Å². The third-order valence-electron chi connectivity index (χ3n) is 1.64. The number of rotatable bonds is 6. The topological polar surface area (TPSA) is 70.1 Å². The van der Waals surface area contributed by atoms with Crippen molar-refractivity contribution >= 4 is 21.9 Å². The lowest BCUT2D eigenvalue weighted by Crippen LogP contribution is -2.29. The van der Waals surface area contributed by atoms with Crippen LogP contribution in [0.4, 0.5) is 5.95 Å². The highest BCUT2D eigenvalue weighted by atomic mass is 79.9. The molecular weight excluding hydrogens is 260 g/mol. The van der Waals surface area contributed by atoms with Gasteiger partial charge in [0.15, 0.2) is 0 Å². The first kappa shape index (κ1) is 12.4. The molecule has 0 saturated carbocycles. The van der Waals surface area contributed by atoms with Gasteiger partial charge >= 0.3 is 0 Å². The van der Waals surface area contributed by atoms with Gasteiger partial charge in [-0.2, -0.15) is 0 Å². The Morgan fingerprint density at radius 2 is 2.07 bits per heavy atom. The van der Waals surface area contributed by atoms with Crippen molar-refractivity contribution in [2.45, 2.75) is 13.0 Å². The largest absolute Gasteiger partial charge is 0.392 e. The molecule has 0 amide bonds. The predicted molar refractivity (Wildman–Crippen MR) is 62.8 cm³/mol. The lowest BCUT2D eigenvalue weighted by molar-refractivity contribution is 0.192. The van der Waals surface area contributed by atoms with Gasteiger partial charge < -0.3 is 15.7 Å². The summed E-state index contributed by atoms with van der Waals surface area (Å²) in [6, 6.07) is 0. The molecule has 5 nitrogen and oxygen atoms in total. The van der Waals surface area contributed by atoms with Gasteiger partial charge in [0.2, 0.25) is 5.95 Å². The molecule has 0 saturated heterocycles. The van der Waals surface area contributed by atoms with E-state index >= 15 is 0 Å². The zero-order valence-corrected chi connectivity index (χ0v) is 10.2. The molecule has 1 unspecified atom stereocenters. The summed E-state index contributed by atoms with van der Waals surface area (Å²) in [5.74, 6) is 0.608. The number of aromatic nitrogens is 2. The first-order valence-corrected chi connectivity index (χ1v) is 5.58. The molecule has 1 aromatic rings. The summed E-state index contributed by atoms with van der Waals surface area (Å²) in [7, 11) is 0. The fraction of sp³-hybridized carbons (Fsp3) is 0.556. The van der Waals surface area contributed by atoms with E-state index in [-0.39, 0.29) is 6.10 Å². The zero-order chi connectivity index (χ0) is 11.1. The quantitative estimate of drug-likeness (QED) is 0.664. The first-order chi connectivity index (χ1) is 7.18. The van der Waals surface area contributed by atoms with E-state index in [1.165, 1.54) is 0 Å². The molecule has 0 aliphatic heterocycles. The number of halogens is 1. The van der Waals surface area contributed by atoms with Gasteiger partial charge in [0.1, 0.15) is 0 Å². The van der Waals surface area contributed by atoms with Gasteiger partial charge in [0.25, 0.3) is 0 Å². The Morgan fingerprint density at radius 3 is 2.67 bits per heavy atom. The van der Waals surface area contributed by atoms with E-state index in [2.05, 4.69) is 36.5 Å². The summed E-state index contributed by atoms with van der Waals surface area (Å²) in [5.41, 5.74) is 0. The summed E-state index contributed by atoms with van der Waals surface area (Å²) in [6.07, 6.45) is 3.07. The van der Waals surface area contributed by atoms with E-state index < -0.39 is 0 Å². The maximum absolute atomic E-state index is 8.99. The van der Waals surface area contributed by atoms with Gasteiger partial charge in [-0.05, 0) is 22.9 Å². The molecule has 1 rings (SSSR count). The van der Waals surface area contributed by atoms with E-state index in [1.807, 2.05) is 0 Å². The number of aliphatic hydroxyl groups is 1. The van der Waals surface area contributed by atoms with Gasteiger partial charge in [-0.15, -0.1) is 0 Å². The lowest BCUT2D eigenvalue weighted by atomic mass is 10.4. The van der Waals surface area contributed by atoms with Crippen LogP contribution in [0.1, 0.15) is 6.92 Å². The summed E-state index contributed by atoms with van der Waals surface area (Å²) in [6.45, 7) is 3.85. The molecular formula is C9H15BrN4O. The number of nitrogens with zero attached hydrogens (tertiary/aromatic N) is 2. The number of hydrogen-bond donors (Lipinski definition) is 3. The van der Waals surface area contributed by atoms with E-state index in [0.717, 1.165) is 17.6 Å². The van der Waals surface area contributed by atoms with E-state index in [0.29, 0.717) is 12.5 Å². The maximum atomic E-state index is 8.99. The van der Waals surface area contributed by atoms with Crippen molar-refractivity contribution in [1.82, 2.24) is 15.3 Å². The first-order valence-electron chi connectivity index (χ1n) is 4.78. The Kier molecular flexibility index (Phi) is 5.52. The highest BCUT2D eigenvalue weighted by molar-refractivity contribution is 9.10. The fourth-order valence-electron chi connectivity index (χ4n) is 0.977. The highest BCUT2D eigenvalue weighted by Gasteiger charge is 1.96. The maximum Gasteiger partial charge on any atom is 0.222 e. The van der Waals surface area contributed by atoms with E-state index in [1.54, 1.807) is 19.3 Å².